The molecule has 1 saturated heterocycles. The van der Waals surface area contributed by atoms with Crippen molar-refractivity contribution in [3.63, 3.8) is 0 Å². The smallest absolute Gasteiger partial charge is 0.407 e. The first-order valence-corrected chi connectivity index (χ1v) is 20.7. The van der Waals surface area contributed by atoms with Crippen LogP contribution in [0.5, 0.6) is 0 Å². The zero-order chi connectivity index (χ0) is 40.1. The number of carbonyl (C=O) groups excluding carboxylic acids is 3. The number of piperidine rings is 1. The van der Waals surface area contributed by atoms with Crippen LogP contribution in [0.3, 0.4) is 0 Å². The number of imidazole rings is 2. The second-order valence-electron chi connectivity index (χ2n) is 16.7. The van der Waals surface area contributed by atoms with Gasteiger partial charge in [0.1, 0.15) is 17.7 Å². The van der Waals surface area contributed by atoms with Crippen LogP contribution >= 0.6 is 23.2 Å². The first-order valence-electron chi connectivity index (χ1n) is 20.0. The molecule has 11 nitrogen and oxygen atoms in total. The molecule has 3 amide bonds. The number of hydrogen-bond acceptors (Lipinski definition) is 6. The van der Waals surface area contributed by atoms with Gasteiger partial charge in [0.25, 0.3) is 0 Å². The van der Waals surface area contributed by atoms with Gasteiger partial charge in [-0.15, -0.1) is 0 Å². The van der Waals surface area contributed by atoms with Gasteiger partial charge < -0.3 is 30.2 Å². The first-order chi connectivity index (χ1) is 27.4. The molecule has 6 atom stereocenters. The Labute approximate surface area is 342 Å². The summed E-state index contributed by atoms with van der Waals surface area (Å²) in [6.45, 7) is 7.94. The number of aromatic amines is 2. The Bertz CT molecular complexity index is 2320. The molecule has 13 heteroatoms. The third-order valence-electron chi connectivity index (χ3n) is 11.7. The van der Waals surface area contributed by atoms with Crippen LogP contribution in [0.2, 0.25) is 10.3 Å². The van der Waals surface area contributed by atoms with Crippen molar-refractivity contribution in [3.05, 3.63) is 82.6 Å². The zero-order valence-electron chi connectivity index (χ0n) is 32.9. The van der Waals surface area contributed by atoms with Gasteiger partial charge >= 0.3 is 6.09 Å². The van der Waals surface area contributed by atoms with Crippen molar-refractivity contribution < 1.29 is 19.1 Å². The minimum absolute atomic E-state index is 0.118. The molecule has 2 saturated carbocycles. The van der Waals surface area contributed by atoms with E-state index in [-0.39, 0.29) is 35.9 Å². The summed E-state index contributed by atoms with van der Waals surface area (Å²) in [4.78, 5) is 56.1. The average molecular weight is 811 g/mol. The summed E-state index contributed by atoms with van der Waals surface area (Å²) in [6, 6.07) is 20.4. The predicted octanol–water partition coefficient (Wildman–Crippen LogP) is 9.12. The molecule has 3 fully saturated rings. The average Bonchev–Trinajstić information content (AvgIpc) is 3.98. The summed E-state index contributed by atoms with van der Waals surface area (Å²) >= 11 is 13.4. The molecule has 2 aliphatic carbocycles. The normalized spacial score (nSPS) is 21.5. The number of halogens is 2. The number of H-pyrrole nitrogens is 2. The molecule has 0 spiro atoms. The van der Waals surface area contributed by atoms with Crippen LogP contribution in [0.25, 0.3) is 44.4 Å². The third kappa shape index (κ3) is 8.27. The standard InChI is InChI=1S/C44H49Cl2N7O4/c1-22(2)16-36(54)47-32-19-29(32)14-15-35-48-38(40(45)49-35)25-8-6-24(7-9-25)26-10-11-28-18-30(13-12-27(28)17-26)39-41(46)52-42(50-39)34-21-31-20-33(31)53(34)43(55)37(23(3)4)51-44(56)57-5/h6-13,17-18,22-23,29,31-34,37H,14-16,19-21H2,1-5H3,(H,47,54)(H,48,49)(H,50,52)(H,51,56)/t29-,31+,32+,33+,34-,37-/m0/s1. The second kappa shape index (κ2) is 15.8. The molecule has 3 heterocycles. The Morgan fingerprint density at radius 3 is 2.19 bits per heavy atom. The SMILES string of the molecule is COC(=O)N[C@H](C(=O)N1[C@@H]2C[C@@H]2C[C@H]1c1nc(Cl)c(-c2ccc3cc(-c4ccc(-c5[nH]c(CC[C@H]6C[C@H]6NC(=O)CC(C)C)nc5Cl)cc4)ccc3c2)[nH]1)C(C)C. The molecule has 4 N–H and O–H groups in total. The molecule has 0 unspecified atom stereocenters. The fourth-order valence-electron chi connectivity index (χ4n) is 8.42. The van der Waals surface area contributed by atoms with Crippen molar-refractivity contribution in [2.45, 2.75) is 90.4 Å². The molecule has 8 rings (SSSR count). The second-order valence-corrected chi connectivity index (χ2v) is 17.4. The zero-order valence-corrected chi connectivity index (χ0v) is 34.4. The Hall–Kier alpha value is -4.87. The number of hydrogen-bond donors (Lipinski definition) is 4. The number of fused-ring (bicyclic) bond motifs is 2. The van der Waals surface area contributed by atoms with Crippen LogP contribution in [0, 0.1) is 23.7 Å². The number of rotatable bonds is 13. The summed E-state index contributed by atoms with van der Waals surface area (Å²) < 4.78 is 4.80. The van der Waals surface area contributed by atoms with Crippen molar-refractivity contribution in [1.82, 2.24) is 35.5 Å². The lowest BCUT2D eigenvalue weighted by Gasteiger charge is -2.31. The fourth-order valence-corrected chi connectivity index (χ4v) is 8.92. The molecule has 0 radical (unpaired) electrons. The summed E-state index contributed by atoms with van der Waals surface area (Å²) in [5.41, 5.74) is 5.55. The van der Waals surface area contributed by atoms with Crippen molar-refractivity contribution in [1.29, 1.82) is 0 Å². The number of aromatic nitrogens is 4. The largest absolute Gasteiger partial charge is 0.453 e. The Morgan fingerprint density at radius 2 is 1.49 bits per heavy atom. The number of aryl methyl sites for hydroxylation is 1. The molecule has 298 valence electrons. The van der Waals surface area contributed by atoms with E-state index in [1.165, 1.54) is 7.11 Å². The minimum atomic E-state index is -0.704. The lowest BCUT2D eigenvalue weighted by molar-refractivity contribution is -0.136. The maximum absolute atomic E-state index is 13.8. The van der Waals surface area contributed by atoms with Crippen molar-refractivity contribution >= 4 is 51.9 Å². The molecular formula is C44H49Cl2N7O4. The van der Waals surface area contributed by atoms with Crippen molar-refractivity contribution in [2.24, 2.45) is 23.7 Å². The molecule has 2 aromatic heterocycles. The fraction of sp³-hybridized carbons (Fsp3) is 0.432. The highest BCUT2D eigenvalue weighted by Gasteiger charge is 2.56. The van der Waals surface area contributed by atoms with E-state index < -0.39 is 12.1 Å². The lowest BCUT2D eigenvalue weighted by Crippen LogP contribution is -2.52. The highest BCUT2D eigenvalue weighted by Crippen LogP contribution is 2.54. The van der Waals surface area contributed by atoms with Crippen LogP contribution in [0.1, 0.15) is 77.5 Å². The van der Waals surface area contributed by atoms with E-state index in [0.717, 1.165) is 76.6 Å². The van der Waals surface area contributed by atoms with Crippen LogP contribution in [-0.2, 0) is 20.7 Å². The maximum atomic E-state index is 13.8. The number of amides is 3. The van der Waals surface area contributed by atoms with Gasteiger partial charge in [0.05, 0.1) is 24.5 Å². The predicted molar refractivity (Wildman–Crippen MR) is 223 cm³/mol. The van der Waals surface area contributed by atoms with E-state index in [1.54, 1.807) is 0 Å². The number of benzene rings is 3. The van der Waals surface area contributed by atoms with Crippen LogP contribution in [0.15, 0.2) is 60.7 Å². The molecule has 3 aliphatic rings. The van der Waals surface area contributed by atoms with Crippen LogP contribution < -0.4 is 10.6 Å². The van der Waals surface area contributed by atoms with Gasteiger partial charge in [-0.3, -0.25) is 9.59 Å². The number of methoxy groups -OCH3 is 1. The Balaban J connectivity index is 0.930. The van der Waals surface area contributed by atoms with Gasteiger partial charge in [0.2, 0.25) is 11.8 Å². The highest BCUT2D eigenvalue weighted by atomic mass is 35.5. The number of carbonyl (C=O) groups is 3. The number of likely N-dealkylation sites (tertiary alicyclic amines) is 1. The lowest BCUT2D eigenvalue weighted by atomic mass is 9.98. The van der Waals surface area contributed by atoms with Gasteiger partial charge in [0, 0.05) is 36.1 Å². The Kier molecular flexibility index (Phi) is 10.8. The van der Waals surface area contributed by atoms with E-state index in [9.17, 15) is 14.4 Å². The monoisotopic (exact) mass is 809 g/mol. The highest BCUT2D eigenvalue weighted by molar-refractivity contribution is 6.32. The van der Waals surface area contributed by atoms with Crippen molar-refractivity contribution in [3.8, 4) is 33.6 Å². The molecule has 3 aromatic carbocycles. The van der Waals surface area contributed by atoms with Crippen LogP contribution in [0.4, 0.5) is 4.79 Å². The number of nitrogens with zero attached hydrogens (tertiary/aromatic N) is 3. The summed E-state index contributed by atoms with van der Waals surface area (Å²) in [5, 5.41) is 8.83. The first kappa shape index (κ1) is 39.0. The quantitative estimate of drug-likeness (QED) is 0.0934. The number of nitrogens with one attached hydrogen (secondary N) is 4. The molecule has 5 aromatic rings. The minimum Gasteiger partial charge on any atom is -0.453 e. The van der Waals surface area contributed by atoms with Gasteiger partial charge in [-0.05, 0) is 83.4 Å². The summed E-state index contributed by atoms with van der Waals surface area (Å²) in [5.74, 6) is 2.65. The number of ether oxygens (including phenoxy) is 1. The maximum Gasteiger partial charge on any atom is 0.407 e. The third-order valence-corrected chi connectivity index (χ3v) is 12.2. The van der Waals surface area contributed by atoms with E-state index in [1.807, 2.05) is 24.8 Å². The van der Waals surface area contributed by atoms with E-state index in [4.69, 9.17) is 32.9 Å². The molecule has 1 aliphatic heterocycles. The molecular weight excluding hydrogens is 761 g/mol. The van der Waals surface area contributed by atoms with Crippen molar-refractivity contribution in [2.75, 3.05) is 7.11 Å². The van der Waals surface area contributed by atoms with Gasteiger partial charge in [0.15, 0.2) is 10.3 Å². The summed E-state index contributed by atoms with van der Waals surface area (Å²) in [7, 11) is 1.30. The number of alkyl carbamates (subject to hydrolysis) is 1. The van der Waals surface area contributed by atoms with E-state index in [2.05, 4.69) is 94.0 Å². The molecule has 57 heavy (non-hydrogen) atoms. The summed E-state index contributed by atoms with van der Waals surface area (Å²) in [6.07, 6.45) is 4.44. The van der Waals surface area contributed by atoms with Gasteiger partial charge in [-0.25, -0.2) is 14.8 Å². The Morgan fingerprint density at radius 1 is 0.842 bits per heavy atom. The van der Waals surface area contributed by atoms with Gasteiger partial charge in [-0.1, -0.05) is 99.4 Å². The van der Waals surface area contributed by atoms with E-state index >= 15 is 0 Å². The van der Waals surface area contributed by atoms with E-state index in [0.29, 0.717) is 46.0 Å². The van der Waals surface area contributed by atoms with Crippen LogP contribution in [-0.4, -0.2) is 68.0 Å². The topological polar surface area (TPSA) is 145 Å². The molecule has 0 bridgehead atoms. The van der Waals surface area contributed by atoms with Gasteiger partial charge in [-0.2, -0.15) is 0 Å².